The van der Waals surface area contributed by atoms with E-state index < -0.39 is 16.0 Å². The van der Waals surface area contributed by atoms with Crippen LogP contribution >= 0.6 is 0 Å². The molecule has 2 aromatic rings. The number of oxime groups is 1. The van der Waals surface area contributed by atoms with Crippen molar-refractivity contribution in [1.82, 2.24) is 4.57 Å². The van der Waals surface area contributed by atoms with Crippen LogP contribution < -0.4 is 5.14 Å². The van der Waals surface area contributed by atoms with Crippen LogP contribution in [0.2, 0.25) is 0 Å². The molecule has 0 saturated carbocycles. The summed E-state index contributed by atoms with van der Waals surface area (Å²) < 4.78 is 24.4. The van der Waals surface area contributed by atoms with E-state index in [0.29, 0.717) is 11.3 Å². The van der Waals surface area contributed by atoms with Crippen molar-refractivity contribution >= 4 is 27.8 Å². The fourth-order valence-corrected chi connectivity index (χ4v) is 2.73. The minimum Gasteiger partial charge on any atom is -0.317 e. The van der Waals surface area contributed by atoms with Gasteiger partial charge in [-0.3, -0.25) is 0 Å². The first-order chi connectivity index (χ1) is 10.9. The van der Waals surface area contributed by atoms with Crippen molar-refractivity contribution in [3.63, 3.8) is 0 Å². The molecule has 0 atom stereocenters. The van der Waals surface area contributed by atoms with E-state index in [-0.39, 0.29) is 4.90 Å². The molecule has 23 heavy (non-hydrogen) atoms. The van der Waals surface area contributed by atoms with Crippen molar-refractivity contribution in [2.75, 3.05) is 0 Å². The topological polar surface area (TPSA) is 104 Å². The Labute approximate surface area is 132 Å². The van der Waals surface area contributed by atoms with Crippen LogP contribution in [0, 0.1) is 0 Å². The molecule has 2 heterocycles. The summed E-state index contributed by atoms with van der Waals surface area (Å²) in [5.74, 6) is -0.500. The van der Waals surface area contributed by atoms with Crippen LogP contribution in [0.25, 0.3) is 11.8 Å². The second-order valence-electron chi connectivity index (χ2n) is 4.96. The number of rotatable bonds is 3. The van der Waals surface area contributed by atoms with Gasteiger partial charge in [0.05, 0.1) is 16.2 Å². The number of carbonyl (C=O) groups is 1. The lowest BCUT2D eigenvalue weighted by Gasteiger charge is -2.08. The maximum atomic E-state index is 11.6. The van der Waals surface area contributed by atoms with E-state index in [1.165, 1.54) is 12.1 Å². The SMILES string of the molecule is CC1=NOC(=O)/C1=C\c1cccn1-c1ccc(S(N)(=O)=O)cc1. The second-order valence-corrected chi connectivity index (χ2v) is 6.52. The predicted octanol–water partition coefficient (Wildman–Crippen LogP) is 1.44. The molecule has 0 amide bonds. The Morgan fingerprint density at radius 3 is 2.48 bits per heavy atom. The third-order valence-electron chi connectivity index (χ3n) is 3.39. The average Bonchev–Trinajstić information content (AvgIpc) is 3.08. The van der Waals surface area contributed by atoms with E-state index in [1.807, 2.05) is 12.1 Å². The number of nitrogens with zero attached hydrogens (tertiary/aromatic N) is 2. The van der Waals surface area contributed by atoms with Crippen molar-refractivity contribution < 1.29 is 18.0 Å². The molecule has 1 aromatic heterocycles. The van der Waals surface area contributed by atoms with Crippen molar-refractivity contribution in [3.05, 3.63) is 53.9 Å². The van der Waals surface area contributed by atoms with Gasteiger partial charge in [-0.1, -0.05) is 5.16 Å². The fraction of sp³-hybridized carbons (Fsp3) is 0.0667. The molecule has 3 rings (SSSR count). The van der Waals surface area contributed by atoms with E-state index in [0.717, 1.165) is 11.4 Å². The molecule has 8 heteroatoms. The molecule has 0 bridgehead atoms. The van der Waals surface area contributed by atoms with Crippen LogP contribution in [0.5, 0.6) is 0 Å². The van der Waals surface area contributed by atoms with Gasteiger partial charge in [-0.2, -0.15) is 0 Å². The molecule has 7 nitrogen and oxygen atoms in total. The van der Waals surface area contributed by atoms with E-state index in [4.69, 9.17) is 5.14 Å². The van der Waals surface area contributed by atoms with E-state index in [2.05, 4.69) is 9.99 Å². The van der Waals surface area contributed by atoms with Crippen LogP contribution in [0.15, 0.2) is 58.2 Å². The molecule has 2 N–H and O–H groups in total. The molecule has 0 radical (unpaired) electrons. The van der Waals surface area contributed by atoms with Gasteiger partial charge in [0.2, 0.25) is 10.0 Å². The number of aromatic nitrogens is 1. The maximum absolute atomic E-state index is 11.6. The lowest BCUT2D eigenvalue weighted by molar-refractivity contribution is -0.136. The third kappa shape index (κ3) is 2.94. The molecule has 0 spiro atoms. The van der Waals surface area contributed by atoms with Gasteiger partial charge in [-0.15, -0.1) is 0 Å². The van der Waals surface area contributed by atoms with Gasteiger partial charge in [-0.25, -0.2) is 18.4 Å². The van der Waals surface area contributed by atoms with Crippen molar-refractivity contribution in [1.29, 1.82) is 0 Å². The standard InChI is InChI=1S/C15H13N3O4S/c1-10-14(15(19)22-17-10)9-12-3-2-8-18(12)11-4-6-13(7-5-11)23(16,20)21/h2-9H,1H3,(H2,16,20,21)/b14-9-. The maximum Gasteiger partial charge on any atom is 0.367 e. The largest absolute Gasteiger partial charge is 0.367 e. The van der Waals surface area contributed by atoms with Crippen LogP contribution in [0.3, 0.4) is 0 Å². The summed E-state index contributed by atoms with van der Waals surface area (Å²) in [7, 11) is -3.73. The number of hydrogen-bond acceptors (Lipinski definition) is 5. The van der Waals surface area contributed by atoms with Crippen LogP contribution in [0.1, 0.15) is 12.6 Å². The highest BCUT2D eigenvalue weighted by Gasteiger charge is 2.22. The number of carbonyl (C=O) groups excluding carboxylic acids is 1. The average molecular weight is 331 g/mol. The molecule has 0 saturated heterocycles. The van der Waals surface area contributed by atoms with E-state index in [1.54, 1.807) is 35.9 Å². The van der Waals surface area contributed by atoms with Crippen LogP contribution in [-0.4, -0.2) is 24.7 Å². The fourth-order valence-electron chi connectivity index (χ4n) is 2.21. The number of sulfonamides is 1. The number of benzene rings is 1. The third-order valence-corrected chi connectivity index (χ3v) is 4.32. The highest BCUT2D eigenvalue weighted by atomic mass is 32.2. The monoisotopic (exact) mass is 331 g/mol. The Bertz CT molecular complexity index is 937. The summed E-state index contributed by atoms with van der Waals surface area (Å²) in [6.45, 7) is 1.69. The summed E-state index contributed by atoms with van der Waals surface area (Å²) >= 11 is 0. The van der Waals surface area contributed by atoms with Crippen molar-refractivity contribution in [3.8, 4) is 5.69 Å². The molecule has 0 aliphatic carbocycles. The lowest BCUT2D eigenvalue weighted by Crippen LogP contribution is -2.12. The van der Waals surface area contributed by atoms with Gasteiger partial charge in [-0.05, 0) is 49.4 Å². The Morgan fingerprint density at radius 2 is 1.91 bits per heavy atom. The van der Waals surface area contributed by atoms with E-state index in [9.17, 15) is 13.2 Å². The molecular weight excluding hydrogens is 318 g/mol. The summed E-state index contributed by atoms with van der Waals surface area (Å²) in [5.41, 5.74) is 2.35. The molecule has 1 aliphatic heterocycles. The summed E-state index contributed by atoms with van der Waals surface area (Å²) in [5, 5.41) is 8.72. The minimum absolute atomic E-state index is 0.0376. The second kappa shape index (κ2) is 5.49. The predicted molar refractivity (Wildman–Crippen MR) is 84.3 cm³/mol. The van der Waals surface area contributed by atoms with Gasteiger partial charge in [0.25, 0.3) is 0 Å². The Hall–Kier alpha value is -2.71. The number of hydrogen-bond donors (Lipinski definition) is 1. The normalized spacial score (nSPS) is 16.5. The van der Waals surface area contributed by atoms with Crippen molar-refractivity contribution in [2.24, 2.45) is 10.3 Å². The van der Waals surface area contributed by atoms with Gasteiger partial charge in [0.1, 0.15) is 0 Å². The first-order valence-corrected chi connectivity index (χ1v) is 8.19. The quantitative estimate of drug-likeness (QED) is 0.679. The first-order valence-electron chi connectivity index (χ1n) is 6.65. The zero-order valence-electron chi connectivity index (χ0n) is 12.1. The zero-order valence-corrected chi connectivity index (χ0v) is 12.9. The Kier molecular flexibility index (Phi) is 3.63. The highest BCUT2D eigenvalue weighted by molar-refractivity contribution is 7.89. The molecule has 1 aliphatic rings. The molecule has 0 unspecified atom stereocenters. The van der Waals surface area contributed by atoms with Crippen LogP contribution in [-0.2, 0) is 19.7 Å². The molecular formula is C15H13N3O4S. The molecule has 0 fully saturated rings. The summed E-state index contributed by atoms with van der Waals surface area (Å²) in [6.07, 6.45) is 3.47. The molecule has 1 aromatic carbocycles. The number of primary sulfonamides is 1. The number of nitrogens with two attached hydrogens (primary N) is 1. The summed E-state index contributed by atoms with van der Waals surface area (Å²) in [6, 6.07) is 9.76. The summed E-state index contributed by atoms with van der Waals surface area (Å²) in [4.78, 5) is 16.3. The van der Waals surface area contributed by atoms with E-state index >= 15 is 0 Å². The first kappa shape index (κ1) is 15.2. The highest BCUT2D eigenvalue weighted by Crippen LogP contribution is 2.20. The lowest BCUT2D eigenvalue weighted by atomic mass is 10.1. The van der Waals surface area contributed by atoms with Gasteiger partial charge < -0.3 is 9.40 Å². The smallest absolute Gasteiger partial charge is 0.317 e. The zero-order chi connectivity index (χ0) is 16.6. The van der Waals surface area contributed by atoms with Gasteiger partial charge >= 0.3 is 5.97 Å². The van der Waals surface area contributed by atoms with Crippen LogP contribution in [0.4, 0.5) is 0 Å². The Morgan fingerprint density at radius 1 is 1.22 bits per heavy atom. The van der Waals surface area contributed by atoms with Gasteiger partial charge in [0.15, 0.2) is 0 Å². The van der Waals surface area contributed by atoms with Crippen molar-refractivity contribution in [2.45, 2.75) is 11.8 Å². The van der Waals surface area contributed by atoms with Gasteiger partial charge in [0, 0.05) is 17.6 Å². The minimum atomic E-state index is -3.73. The molecule has 118 valence electrons. The Balaban J connectivity index is 2.00.